The minimum atomic E-state index is 0.729. The first-order valence-corrected chi connectivity index (χ1v) is 5.38. The van der Waals surface area contributed by atoms with Crippen molar-refractivity contribution in [3.05, 3.63) is 6.92 Å². The van der Waals surface area contributed by atoms with Crippen molar-refractivity contribution in [2.24, 2.45) is 5.92 Å². The number of likely N-dealkylation sites (tertiary alicyclic amines) is 1. The Balaban J connectivity index is 2.01. The van der Waals surface area contributed by atoms with Gasteiger partial charge in [-0.25, -0.2) is 0 Å². The standard InChI is InChI=1S/C11H22N/c1-3-4-5-8-12-9-6-11(2)7-10-12/h11H,2-10H2,1H3. The number of nitrogens with zero attached hydrogens (tertiary/aromatic N) is 1. The molecule has 0 bridgehead atoms. The Morgan fingerprint density at radius 1 is 1.25 bits per heavy atom. The quantitative estimate of drug-likeness (QED) is 0.583. The van der Waals surface area contributed by atoms with E-state index in [1.807, 2.05) is 0 Å². The van der Waals surface area contributed by atoms with Crippen molar-refractivity contribution in [3.8, 4) is 0 Å². The molecular formula is C11H22N. The fourth-order valence-corrected chi connectivity index (χ4v) is 1.80. The van der Waals surface area contributed by atoms with E-state index in [1.165, 1.54) is 51.7 Å². The van der Waals surface area contributed by atoms with Crippen molar-refractivity contribution in [3.63, 3.8) is 0 Å². The highest BCUT2D eigenvalue weighted by molar-refractivity contribution is 4.72. The Labute approximate surface area is 77.1 Å². The molecule has 0 unspecified atom stereocenters. The van der Waals surface area contributed by atoms with Gasteiger partial charge in [0, 0.05) is 0 Å². The van der Waals surface area contributed by atoms with Crippen LogP contribution < -0.4 is 0 Å². The number of rotatable bonds is 4. The lowest BCUT2D eigenvalue weighted by Crippen LogP contribution is -2.33. The third-order valence-corrected chi connectivity index (χ3v) is 2.79. The molecule has 1 aliphatic heterocycles. The molecule has 0 aromatic carbocycles. The molecule has 1 rings (SSSR count). The van der Waals surface area contributed by atoms with E-state index in [9.17, 15) is 0 Å². The molecular weight excluding hydrogens is 146 g/mol. The number of unbranched alkanes of at least 4 members (excludes halogenated alkanes) is 2. The molecule has 1 saturated heterocycles. The topological polar surface area (TPSA) is 3.24 Å². The second-order valence-electron chi connectivity index (χ2n) is 3.99. The van der Waals surface area contributed by atoms with Crippen LogP contribution in [-0.2, 0) is 0 Å². The maximum atomic E-state index is 4.10. The number of hydrogen-bond donors (Lipinski definition) is 0. The molecule has 1 heterocycles. The van der Waals surface area contributed by atoms with Crippen molar-refractivity contribution < 1.29 is 0 Å². The molecule has 0 spiro atoms. The average Bonchev–Trinajstić information content (AvgIpc) is 2.09. The monoisotopic (exact) mass is 168 g/mol. The Morgan fingerprint density at radius 2 is 1.92 bits per heavy atom. The van der Waals surface area contributed by atoms with E-state index in [0.717, 1.165) is 5.92 Å². The van der Waals surface area contributed by atoms with Gasteiger partial charge in [0.05, 0.1) is 0 Å². The van der Waals surface area contributed by atoms with Gasteiger partial charge in [0.15, 0.2) is 0 Å². The molecule has 1 radical (unpaired) electrons. The summed E-state index contributed by atoms with van der Waals surface area (Å²) in [5.41, 5.74) is 0. The Kier molecular flexibility index (Phi) is 4.67. The summed E-state index contributed by atoms with van der Waals surface area (Å²) >= 11 is 0. The van der Waals surface area contributed by atoms with Crippen LogP contribution in [0.25, 0.3) is 0 Å². The molecule has 12 heavy (non-hydrogen) atoms. The van der Waals surface area contributed by atoms with E-state index < -0.39 is 0 Å². The summed E-state index contributed by atoms with van der Waals surface area (Å²) in [6.45, 7) is 10.3. The highest BCUT2D eigenvalue weighted by Gasteiger charge is 2.14. The number of piperidine rings is 1. The predicted molar refractivity (Wildman–Crippen MR) is 54.0 cm³/mol. The van der Waals surface area contributed by atoms with Crippen molar-refractivity contribution >= 4 is 0 Å². The van der Waals surface area contributed by atoms with Crippen molar-refractivity contribution in [1.29, 1.82) is 0 Å². The van der Waals surface area contributed by atoms with E-state index in [4.69, 9.17) is 0 Å². The summed E-state index contributed by atoms with van der Waals surface area (Å²) in [5, 5.41) is 0. The van der Waals surface area contributed by atoms with Gasteiger partial charge in [-0.3, -0.25) is 0 Å². The number of hydrogen-bond acceptors (Lipinski definition) is 1. The summed E-state index contributed by atoms with van der Waals surface area (Å²) in [6.07, 6.45) is 6.74. The molecule has 0 amide bonds. The summed E-state index contributed by atoms with van der Waals surface area (Å²) in [7, 11) is 0. The maximum Gasteiger partial charge on any atom is -0.00161 e. The van der Waals surface area contributed by atoms with Crippen LogP contribution in [0.5, 0.6) is 0 Å². The smallest absolute Gasteiger partial charge is 0.00161 e. The fourth-order valence-electron chi connectivity index (χ4n) is 1.80. The molecule has 0 aliphatic carbocycles. The third kappa shape index (κ3) is 3.57. The zero-order valence-corrected chi connectivity index (χ0v) is 8.39. The van der Waals surface area contributed by atoms with Crippen LogP contribution in [0.4, 0.5) is 0 Å². The van der Waals surface area contributed by atoms with Crippen molar-refractivity contribution in [1.82, 2.24) is 4.90 Å². The second kappa shape index (κ2) is 5.58. The van der Waals surface area contributed by atoms with Crippen LogP contribution in [0.2, 0.25) is 0 Å². The van der Waals surface area contributed by atoms with Crippen LogP contribution in [0.1, 0.15) is 39.0 Å². The van der Waals surface area contributed by atoms with Crippen LogP contribution in [0.3, 0.4) is 0 Å². The largest absolute Gasteiger partial charge is 0.303 e. The first-order chi connectivity index (χ1) is 5.83. The summed E-state index contributed by atoms with van der Waals surface area (Å²) in [6, 6.07) is 0. The summed E-state index contributed by atoms with van der Waals surface area (Å²) in [5.74, 6) is 0.729. The highest BCUT2D eigenvalue weighted by Crippen LogP contribution is 2.15. The van der Waals surface area contributed by atoms with E-state index >= 15 is 0 Å². The molecule has 1 aliphatic rings. The van der Waals surface area contributed by atoms with Gasteiger partial charge < -0.3 is 4.90 Å². The van der Waals surface area contributed by atoms with Crippen LogP contribution >= 0.6 is 0 Å². The predicted octanol–water partition coefficient (Wildman–Crippen LogP) is 2.72. The molecule has 1 heteroatoms. The van der Waals surface area contributed by atoms with Crippen molar-refractivity contribution in [2.75, 3.05) is 19.6 Å². The summed E-state index contributed by atoms with van der Waals surface area (Å²) in [4.78, 5) is 2.59. The van der Waals surface area contributed by atoms with Crippen LogP contribution in [0, 0.1) is 12.8 Å². The lowest BCUT2D eigenvalue weighted by molar-refractivity contribution is 0.199. The fraction of sp³-hybridized carbons (Fsp3) is 0.909. The van der Waals surface area contributed by atoms with Gasteiger partial charge >= 0.3 is 0 Å². The Hall–Kier alpha value is -0.0400. The third-order valence-electron chi connectivity index (χ3n) is 2.79. The summed E-state index contributed by atoms with van der Waals surface area (Å²) < 4.78 is 0. The first-order valence-electron chi connectivity index (χ1n) is 5.38. The van der Waals surface area contributed by atoms with Crippen LogP contribution in [0.15, 0.2) is 0 Å². The molecule has 1 fully saturated rings. The molecule has 71 valence electrons. The molecule has 1 nitrogen and oxygen atoms in total. The minimum absolute atomic E-state index is 0.729. The molecule has 0 saturated carbocycles. The molecule has 0 atom stereocenters. The van der Waals surface area contributed by atoms with E-state index in [2.05, 4.69) is 18.7 Å². The molecule has 0 aromatic heterocycles. The average molecular weight is 168 g/mol. The van der Waals surface area contributed by atoms with Gasteiger partial charge in [-0.05, 0) is 44.8 Å². The maximum absolute atomic E-state index is 4.10. The zero-order chi connectivity index (χ0) is 8.81. The van der Waals surface area contributed by atoms with Gasteiger partial charge in [0.25, 0.3) is 0 Å². The normalized spacial score (nSPS) is 21.5. The van der Waals surface area contributed by atoms with E-state index in [-0.39, 0.29) is 0 Å². The Morgan fingerprint density at radius 3 is 2.50 bits per heavy atom. The van der Waals surface area contributed by atoms with Crippen molar-refractivity contribution in [2.45, 2.75) is 39.0 Å². The van der Waals surface area contributed by atoms with Gasteiger partial charge in [-0.15, -0.1) is 0 Å². The van der Waals surface area contributed by atoms with Gasteiger partial charge in [0.1, 0.15) is 0 Å². The van der Waals surface area contributed by atoms with E-state index in [0.29, 0.717) is 0 Å². The lowest BCUT2D eigenvalue weighted by atomic mass is 9.99. The zero-order valence-electron chi connectivity index (χ0n) is 8.39. The minimum Gasteiger partial charge on any atom is -0.303 e. The molecule has 0 aromatic rings. The van der Waals surface area contributed by atoms with Crippen LogP contribution in [-0.4, -0.2) is 24.5 Å². The molecule has 0 N–H and O–H groups in total. The first kappa shape index (κ1) is 10.0. The van der Waals surface area contributed by atoms with Gasteiger partial charge in [-0.2, -0.15) is 0 Å². The SMILES string of the molecule is [CH2]C1CCN(CCCCC)CC1. The Bertz CT molecular complexity index is 104. The van der Waals surface area contributed by atoms with Gasteiger partial charge in [0.2, 0.25) is 0 Å². The second-order valence-corrected chi connectivity index (χ2v) is 3.99. The van der Waals surface area contributed by atoms with Gasteiger partial charge in [-0.1, -0.05) is 26.7 Å². The highest BCUT2D eigenvalue weighted by atomic mass is 15.1. The van der Waals surface area contributed by atoms with E-state index in [1.54, 1.807) is 0 Å². The lowest BCUT2D eigenvalue weighted by Gasteiger charge is -2.29.